The van der Waals surface area contributed by atoms with Crippen molar-refractivity contribution in [2.75, 3.05) is 18.5 Å². The van der Waals surface area contributed by atoms with Crippen molar-refractivity contribution in [3.8, 4) is 0 Å². The molecule has 3 fully saturated rings. The van der Waals surface area contributed by atoms with Gasteiger partial charge in [0.2, 0.25) is 11.8 Å². The summed E-state index contributed by atoms with van der Waals surface area (Å²) in [6, 6.07) is 4.52. The van der Waals surface area contributed by atoms with Gasteiger partial charge in [-0.15, -0.1) is 11.8 Å². The van der Waals surface area contributed by atoms with E-state index in [4.69, 9.17) is 4.74 Å². The number of anilines is 1. The second kappa shape index (κ2) is 9.47. The predicted molar refractivity (Wildman–Crippen MR) is 136 cm³/mol. The molecule has 186 valence electrons. The molecule has 0 aromatic heterocycles. The van der Waals surface area contributed by atoms with Gasteiger partial charge in [-0.3, -0.25) is 14.4 Å². The zero-order chi connectivity index (χ0) is 24.9. The molecular formula is C25H33BrN2O5S. The number of carbonyl (C=O) groups is 3. The van der Waals surface area contributed by atoms with Crippen molar-refractivity contribution in [2.24, 2.45) is 17.8 Å². The number of ether oxygens (including phenoxy) is 1. The van der Waals surface area contributed by atoms with Gasteiger partial charge in [0.05, 0.1) is 35.8 Å². The van der Waals surface area contributed by atoms with Crippen LogP contribution in [0.3, 0.4) is 0 Å². The van der Waals surface area contributed by atoms with Crippen LogP contribution in [0.4, 0.5) is 5.69 Å². The summed E-state index contributed by atoms with van der Waals surface area (Å²) >= 11 is 5.30. The summed E-state index contributed by atoms with van der Waals surface area (Å²) < 4.78 is 4.61. The molecule has 9 heteroatoms. The van der Waals surface area contributed by atoms with Crippen LogP contribution in [0.15, 0.2) is 18.2 Å². The largest absolute Gasteiger partial charge is 0.466 e. The summed E-state index contributed by atoms with van der Waals surface area (Å²) in [7, 11) is 0. The van der Waals surface area contributed by atoms with Crippen LogP contribution in [0.25, 0.3) is 0 Å². The lowest BCUT2D eigenvalue weighted by molar-refractivity contribution is -0.154. The summed E-state index contributed by atoms with van der Waals surface area (Å²) in [6.45, 7) is 9.49. The van der Waals surface area contributed by atoms with Crippen LogP contribution in [-0.2, 0) is 19.1 Å². The SMILES string of the molecule is CCOC(=O)[C@H]1[C@H]2C(=O)N([C@@H](CO)C(C)C)C(C(=O)Nc3cc(C)ccc3C)C23CC(Br)[C@@H]1S3. The van der Waals surface area contributed by atoms with E-state index in [0.717, 1.165) is 11.1 Å². The van der Waals surface area contributed by atoms with Crippen molar-refractivity contribution in [1.82, 2.24) is 4.90 Å². The number of fused-ring (bicyclic) bond motifs is 1. The topological polar surface area (TPSA) is 95.9 Å². The molecule has 7 nitrogen and oxygen atoms in total. The highest BCUT2D eigenvalue weighted by molar-refractivity contribution is 9.09. The van der Waals surface area contributed by atoms with Crippen LogP contribution in [0.2, 0.25) is 0 Å². The molecule has 7 atom stereocenters. The van der Waals surface area contributed by atoms with Gasteiger partial charge in [0.15, 0.2) is 0 Å². The van der Waals surface area contributed by atoms with E-state index in [1.165, 1.54) is 0 Å². The number of hydrogen-bond donors (Lipinski definition) is 2. The highest BCUT2D eigenvalue weighted by Crippen LogP contribution is 2.68. The van der Waals surface area contributed by atoms with Gasteiger partial charge in [0.25, 0.3) is 0 Å². The number of aliphatic hydroxyl groups excluding tert-OH is 1. The molecule has 3 unspecified atom stereocenters. The number of carbonyl (C=O) groups excluding carboxylic acids is 3. The molecule has 1 spiro atoms. The normalized spacial score (nSPS) is 32.8. The number of amides is 2. The van der Waals surface area contributed by atoms with Crippen LogP contribution in [0, 0.1) is 31.6 Å². The molecule has 3 aliphatic rings. The summed E-state index contributed by atoms with van der Waals surface area (Å²) in [4.78, 5) is 42.6. The molecule has 1 aromatic carbocycles. The van der Waals surface area contributed by atoms with Crippen molar-refractivity contribution in [3.05, 3.63) is 29.3 Å². The lowest BCUT2D eigenvalue weighted by atomic mass is 9.71. The van der Waals surface area contributed by atoms with Gasteiger partial charge in [-0.05, 0) is 50.3 Å². The Labute approximate surface area is 213 Å². The quantitative estimate of drug-likeness (QED) is 0.398. The lowest BCUT2D eigenvalue weighted by Gasteiger charge is -2.38. The minimum Gasteiger partial charge on any atom is -0.466 e. The zero-order valence-corrected chi connectivity index (χ0v) is 22.6. The molecule has 2 bridgehead atoms. The third-order valence-corrected chi connectivity index (χ3v) is 10.7. The Kier molecular flexibility index (Phi) is 7.10. The highest BCUT2D eigenvalue weighted by atomic mass is 79.9. The minimum atomic E-state index is -0.807. The third-order valence-electron chi connectivity index (χ3n) is 7.50. The number of aryl methyl sites for hydroxylation is 2. The Morgan fingerprint density at radius 2 is 2.06 bits per heavy atom. The van der Waals surface area contributed by atoms with Crippen molar-refractivity contribution in [3.63, 3.8) is 0 Å². The fourth-order valence-electron chi connectivity index (χ4n) is 5.92. The van der Waals surface area contributed by atoms with Crippen molar-refractivity contribution in [1.29, 1.82) is 0 Å². The van der Waals surface area contributed by atoms with E-state index >= 15 is 0 Å². The van der Waals surface area contributed by atoms with Gasteiger partial charge in [0.1, 0.15) is 6.04 Å². The van der Waals surface area contributed by atoms with E-state index < -0.39 is 28.7 Å². The summed E-state index contributed by atoms with van der Waals surface area (Å²) in [5.74, 6) is -2.24. The van der Waals surface area contributed by atoms with E-state index in [1.54, 1.807) is 23.6 Å². The first-order valence-electron chi connectivity index (χ1n) is 11.9. The van der Waals surface area contributed by atoms with Gasteiger partial charge in [-0.2, -0.15) is 0 Å². The second-order valence-corrected chi connectivity index (χ2v) is 12.7. The molecule has 0 radical (unpaired) electrons. The Morgan fingerprint density at radius 3 is 2.68 bits per heavy atom. The van der Waals surface area contributed by atoms with Crippen LogP contribution >= 0.6 is 27.7 Å². The number of aliphatic hydroxyl groups is 1. The molecule has 0 aliphatic carbocycles. The van der Waals surface area contributed by atoms with Gasteiger partial charge in [0, 0.05) is 15.8 Å². The van der Waals surface area contributed by atoms with E-state index in [2.05, 4.69) is 21.2 Å². The maximum atomic E-state index is 14.0. The van der Waals surface area contributed by atoms with E-state index in [0.29, 0.717) is 12.1 Å². The van der Waals surface area contributed by atoms with Crippen LogP contribution in [-0.4, -0.2) is 67.9 Å². The molecule has 2 amide bonds. The van der Waals surface area contributed by atoms with E-state index in [9.17, 15) is 19.5 Å². The average molecular weight is 554 g/mol. The summed E-state index contributed by atoms with van der Waals surface area (Å²) in [5, 5.41) is 13.2. The number of alkyl halides is 1. The lowest BCUT2D eigenvalue weighted by Crippen LogP contribution is -2.56. The van der Waals surface area contributed by atoms with Gasteiger partial charge >= 0.3 is 5.97 Å². The molecule has 2 N–H and O–H groups in total. The molecular weight excluding hydrogens is 520 g/mol. The van der Waals surface area contributed by atoms with E-state index in [1.807, 2.05) is 45.9 Å². The molecule has 3 heterocycles. The third kappa shape index (κ3) is 3.88. The summed E-state index contributed by atoms with van der Waals surface area (Å²) in [5.41, 5.74) is 2.65. The minimum absolute atomic E-state index is 0.0152. The zero-order valence-electron chi connectivity index (χ0n) is 20.2. The first kappa shape index (κ1) is 25.5. The van der Waals surface area contributed by atoms with Crippen LogP contribution in [0.1, 0.15) is 38.3 Å². The Balaban J connectivity index is 1.80. The maximum Gasteiger partial charge on any atom is 0.310 e. The van der Waals surface area contributed by atoms with Gasteiger partial charge in [-0.1, -0.05) is 41.9 Å². The Morgan fingerprint density at radius 1 is 1.35 bits per heavy atom. The standard InChI is InChI=1S/C25H33BrN2O5S/c1-6-33-24(32)18-19-23(31)28(17(11-29)12(2)3)21(25(19)10-15(26)20(18)34-25)22(30)27-16-9-13(4)7-8-14(16)5/h7-9,12,15,17-21,29H,6,10-11H2,1-5H3,(H,27,30)/t15?,17-,18-,19-,20-,21?,25?/m0/s1. The molecule has 34 heavy (non-hydrogen) atoms. The number of nitrogens with zero attached hydrogens (tertiary/aromatic N) is 1. The van der Waals surface area contributed by atoms with Gasteiger partial charge < -0.3 is 20.1 Å². The maximum absolute atomic E-state index is 14.0. The van der Waals surface area contributed by atoms with Gasteiger partial charge in [-0.25, -0.2) is 0 Å². The number of hydrogen-bond acceptors (Lipinski definition) is 6. The smallest absolute Gasteiger partial charge is 0.310 e. The summed E-state index contributed by atoms with van der Waals surface area (Å²) in [6.07, 6.45) is 0.590. The van der Waals surface area contributed by atoms with E-state index in [-0.39, 0.29) is 47.0 Å². The number of benzene rings is 1. The Hall–Kier alpha value is -1.58. The fraction of sp³-hybridized carbons (Fsp3) is 0.640. The predicted octanol–water partition coefficient (Wildman–Crippen LogP) is 3.29. The Bertz CT molecular complexity index is 1000. The van der Waals surface area contributed by atoms with Crippen molar-refractivity contribution in [2.45, 2.75) is 67.9 Å². The number of halogens is 1. The van der Waals surface area contributed by atoms with Crippen LogP contribution in [0.5, 0.6) is 0 Å². The van der Waals surface area contributed by atoms with Crippen molar-refractivity contribution < 1.29 is 24.2 Å². The fourth-order valence-corrected chi connectivity index (χ4v) is 9.51. The van der Waals surface area contributed by atoms with Crippen LogP contribution < -0.4 is 5.32 Å². The monoisotopic (exact) mass is 552 g/mol. The molecule has 3 saturated heterocycles. The van der Waals surface area contributed by atoms with Crippen molar-refractivity contribution >= 4 is 51.2 Å². The number of thioether (sulfide) groups is 1. The highest BCUT2D eigenvalue weighted by Gasteiger charge is 2.76. The number of nitrogens with one attached hydrogen (secondary N) is 1. The molecule has 0 saturated carbocycles. The molecule has 3 aliphatic heterocycles. The molecule has 1 aromatic rings. The molecule has 4 rings (SSSR count). The number of likely N-dealkylation sites (tertiary alicyclic amines) is 1. The number of esters is 1. The average Bonchev–Trinajstić information content (AvgIpc) is 3.35. The number of rotatable bonds is 7. The first-order chi connectivity index (χ1) is 16.1. The second-order valence-electron chi connectivity index (χ2n) is 9.96. The first-order valence-corrected chi connectivity index (χ1v) is 13.7.